The van der Waals surface area contributed by atoms with Crippen molar-refractivity contribution in [3.8, 4) is 5.75 Å². The first-order valence-corrected chi connectivity index (χ1v) is 7.44. The van der Waals surface area contributed by atoms with Crippen LogP contribution in [0.25, 0.3) is 0 Å². The SMILES string of the molecule is C[C@H]1CCCC[C@@H]1NC(=S)N/N=C/c1ccc(O)cc1. The highest BCUT2D eigenvalue weighted by Crippen LogP contribution is 2.23. The summed E-state index contributed by atoms with van der Waals surface area (Å²) in [6.45, 7) is 2.26. The summed E-state index contributed by atoms with van der Waals surface area (Å²) < 4.78 is 0. The summed E-state index contributed by atoms with van der Waals surface area (Å²) in [5.41, 5.74) is 3.75. The van der Waals surface area contributed by atoms with E-state index in [4.69, 9.17) is 12.2 Å². The average molecular weight is 291 g/mol. The van der Waals surface area contributed by atoms with Crippen molar-refractivity contribution in [3.63, 3.8) is 0 Å². The molecule has 5 heteroatoms. The molecule has 20 heavy (non-hydrogen) atoms. The molecule has 0 bridgehead atoms. The van der Waals surface area contributed by atoms with Crippen LogP contribution < -0.4 is 10.7 Å². The fourth-order valence-corrected chi connectivity index (χ4v) is 2.66. The lowest BCUT2D eigenvalue weighted by Gasteiger charge is -2.30. The van der Waals surface area contributed by atoms with Crippen molar-refractivity contribution in [3.05, 3.63) is 29.8 Å². The van der Waals surface area contributed by atoms with E-state index < -0.39 is 0 Å². The molecule has 0 unspecified atom stereocenters. The van der Waals surface area contributed by atoms with Gasteiger partial charge in [0.1, 0.15) is 5.75 Å². The zero-order valence-electron chi connectivity index (χ0n) is 11.7. The fourth-order valence-electron chi connectivity index (χ4n) is 2.46. The van der Waals surface area contributed by atoms with Crippen LogP contribution in [-0.2, 0) is 0 Å². The van der Waals surface area contributed by atoms with Gasteiger partial charge in [-0.15, -0.1) is 0 Å². The highest BCUT2D eigenvalue weighted by atomic mass is 32.1. The Morgan fingerprint density at radius 1 is 1.30 bits per heavy atom. The van der Waals surface area contributed by atoms with Gasteiger partial charge < -0.3 is 10.4 Å². The van der Waals surface area contributed by atoms with E-state index in [1.807, 2.05) is 0 Å². The number of thiocarbonyl (C=S) groups is 1. The molecule has 0 radical (unpaired) electrons. The van der Waals surface area contributed by atoms with Crippen molar-refractivity contribution < 1.29 is 5.11 Å². The Balaban J connectivity index is 1.78. The van der Waals surface area contributed by atoms with Crippen LogP contribution in [0.15, 0.2) is 29.4 Å². The van der Waals surface area contributed by atoms with Gasteiger partial charge in [0.2, 0.25) is 0 Å². The van der Waals surface area contributed by atoms with Crippen molar-refractivity contribution in [1.29, 1.82) is 0 Å². The van der Waals surface area contributed by atoms with Gasteiger partial charge in [0.05, 0.1) is 6.21 Å². The summed E-state index contributed by atoms with van der Waals surface area (Å²) in [7, 11) is 0. The van der Waals surface area contributed by atoms with E-state index in [2.05, 4.69) is 22.8 Å². The largest absolute Gasteiger partial charge is 0.508 e. The standard InChI is InChI=1S/C15H21N3OS/c1-11-4-2-3-5-14(11)17-15(20)18-16-10-12-6-8-13(19)9-7-12/h6-11,14,19H,2-5H2,1H3,(H2,17,18,20)/b16-10+/t11-,14-/m0/s1. The Labute approximate surface area is 125 Å². The summed E-state index contributed by atoms with van der Waals surface area (Å²) in [6.07, 6.45) is 6.69. The topological polar surface area (TPSA) is 56.7 Å². The Hall–Kier alpha value is -1.62. The van der Waals surface area contributed by atoms with Gasteiger partial charge in [-0.25, -0.2) is 0 Å². The normalized spacial score (nSPS) is 22.6. The third-order valence-electron chi connectivity index (χ3n) is 3.70. The highest BCUT2D eigenvalue weighted by molar-refractivity contribution is 7.80. The lowest BCUT2D eigenvalue weighted by Crippen LogP contribution is -2.44. The number of aromatic hydroxyl groups is 1. The van der Waals surface area contributed by atoms with Crippen molar-refractivity contribution in [2.75, 3.05) is 0 Å². The van der Waals surface area contributed by atoms with Crippen LogP contribution in [0.4, 0.5) is 0 Å². The van der Waals surface area contributed by atoms with Crippen molar-refractivity contribution in [2.45, 2.75) is 38.6 Å². The van der Waals surface area contributed by atoms with E-state index in [9.17, 15) is 5.11 Å². The second-order valence-electron chi connectivity index (χ2n) is 5.30. The minimum absolute atomic E-state index is 0.249. The molecule has 1 saturated carbocycles. The molecule has 4 nitrogen and oxygen atoms in total. The summed E-state index contributed by atoms with van der Waals surface area (Å²) in [6, 6.07) is 7.29. The lowest BCUT2D eigenvalue weighted by atomic mass is 9.86. The molecule has 0 saturated heterocycles. The van der Waals surface area contributed by atoms with Crippen LogP contribution in [0.1, 0.15) is 38.2 Å². The molecule has 1 aliphatic rings. The first-order chi connectivity index (χ1) is 9.65. The van der Waals surface area contributed by atoms with E-state index in [1.54, 1.807) is 30.5 Å². The molecule has 2 atom stereocenters. The van der Waals surface area contributed by atoms with Crippen molar-refractivity contribution in [2.24, 2.45) is 11.0 Å². The summed E-state index contributed by atoms with van der Waals surface area (Å²) in [4.78, 5) is 0. The Bertz CT molecular complexity index is 473. The van der Waals surface area contributed by atoms with Crippen LogP contribution in [0.2, 0.25) is 0 Å². The first kappa shape index (κ1) is 14.8. The van der Waals surface area contributed by atoms with Crippen molar-refractivity contribution >= 4 is 23.5 Å². The molecule has 1 aliphatic carbocycles. The molecule has 0 spiro atoms. The molecule has 108 valence electrons. The number of hydrogen-bond donors (Lipinski definition) is 3. The molecule has 1 fully saturated rings. The van der Waals surface area contributed by atoms with E-state index in [0.29, 0.717) is 17.1 Å². The smallest absolute Gasteiger partial charge is 0.187 e. The molecule has 1 aromatic carbocycles. The lowest BCUT2D eigenvalue weighted by molar-refractivity contribution is 0.308. The predicted molar refractivity (Wildman–Crippen MR) is 86.0 cm³/mol. The molecule has 3 N–H and O–H groups in total. The number of hydrazone groups is 1. The van der Waals surface area contributed by atoms with E-state index in [-0.39, 0.29) is 5.75 Å². The molecule has 0 aromatic heterocycles. The van der Waals surface area contributed by atoms with Gasteiger partial charge in [0.15, 0.2) is 5.11 Å². The number of rotatable bonds is 3. The van der Waals surface area contributed by atoms with Crippen LogP contribution in [0, 0.1) is 5.92 Å². The number of benzene rings is 1. The highest BCUT2D eigenvalue weighted by Gasteiger charge is 2.21. The van der Waals surface area contributed by atoms with Crippen LogP contribution in [-0.4, -0.2) is 22.5 Å². The minimum Gasteiger partial charge on any atom is -0.508 e. The maximum absolute atomic E-state index is 9.19. The second kappa shape index (κ2) is 7.24. The number of nitrogens with zero attached hydrogens (tertiary/aromatic N) is 1. The molecule has 2 rings (SSSR count). The van der Waals surface area contributed by atoms with Gasteiger partial charge in [-0.1, -0.05) is 19.8 Å². The van der Waals surface area contributed by atoms with Gasteiger partial charge >= 0.3 is 0 Å². The molecular formula is C15H21N3OS. The second-order valence-corrected chi connectivity index (χ2v) is 5.71. The maximum Gasteiger partial charge on any atom is 0.187 e. The van der Waals surface area contributed by atoms with Gasteiger partial charge in [-0.05, 0) is 60.8 Å². The molecular weight excluding hydrogens is 270 g/mol. The molecule has 1 aromatic rings. The summed E-state index contributed by atoms with van der Waals surface area (Å²) in [5, 5.41) is 17.2. The molecule has 0 heterocycles. The quantitative estimate of drug-likeness (QED) is 0.455. The summed E-state index contributed by atoms with van der Waals surface area (Å²) >= 11 is 5.25. The average Bonchev–Trinajstić information content (AvgIpc) is 2.44. The number of phenolic OH excluding ortho intramolecular Hbond substituents is 1. The predicted octanol–water partition coefficient (Wildman–Crippen LogP) is 2.77. The van der Waals surface area contributed by atoms with Gasteiger partial charge in [0, 0.05) is 6.04 Å². The monoisotopic (exact) mass is 291 g/mol. The Morgan fingerprint density at radius 3 is 2.70 bits per heavy atom. The first-order valence-electron chi connectivity index (χ1n) is 7.04. The van der Waals surface area contributed by atoms with Gasteiger partial charge in [0.25, 0.3) is 0 Å². The third kappa shape index (κ3) is 4.49. The Kier molecular flexibility index (Phi) is 5.35. The van der Waals surface area contributed by atoms with Crippen molar-refractivity contribution in [1.82, 2.24) is 10.7 Å². The number of hydrogen-bond acceptors (Lipinski definition) is 3. The maximum atomic E-state index is 9.19. The van der Waals surface area contributed by atoms with Gasteiger partial charge in [-0.3, -0.25) is 5.43 Å². The van der Waals surface area contributed by atoms with Gasteiger partial charge in [-0.2, -0.15) is 5.10 Å². The third-order valence-corrected chi connectivity index (χ3v) is 3.91. The van der Waals surface area contributed by atoms with E-state index >= 15 is 0 Å². The Morgan fingerprint density at radius 2 is 2.00 bits per heavy atom. The summed E-state index contributed by atoms with van der Waals surface area (Å²) in [5.74, 6) is 0.906. The van der Waals surface area contributed by atoms with Crippen LogP contribution in [0.3, 0.4) is 0 Å². The zero-order valence-corrected chi connectivity index (χ0v) is 12.5. The minimum atomic E-state index is 0.249. The molecule has 0 amide bonds. The van der Waals surface area contributed by atoms with E-state index in [0.717, 1.165) is 5.56 Å². The number of phenols is 1. The molecule has 0 aliphatic heterocycles. The zero-order chi connectivity index (χ0) is 14.4. The number of nitrogens with one attached hydrogen (secondary N) is 2. The van der Waals surface area contributed by atoms with E-state index in [1.165, 1.54) is 25.7 Å². The van der Waals surface area contributed by atoms with Crippen LogP contribution in [0.5, 0.6) is 5.75 Å². The fraction of sp³-hybridized carbons (Fsp3) is 0.467. The van der Waals surface area contributed by atoms with Crippen LogP contribution >= 0.6 is 12.2 Å².